The number of amides is 4. The first kappa shape index (κ1) is 24.2. The van der Waals surface area contributed by atoms with Crippen molar-refractivity contribution in [2.45, 2.75) is 64.3 Å². The van der Waals surface area contributed by atoms with Gasteiger partial charge in [-0.3, -0.25) is 19.8 Å². The normalized spacial score (nSPS) is 29.0. The Morgan fingerprint density at radius 3 is 2.26 bits per heavy atom. The topological polar surface area (TPSA) is 84.6 Å². The molecule has 39 heavy (non-hydrogen) atoms. The first-order chi connectivity index (χ1) is 18.8. The molecule has 1 N–H and O–H groups in total. The van der Waals surface area contributed by atoms with Gasteiger partial charge in [0, 0.05) is 17.1 Å². The van der Waals surface area contributed by atoms with Gasteiger partial charge in [-0.15, -0.1) is 0 Å². The summed E-state index contributed by atoms with van der Waals surface area (Å²) >= 11 is 0. The van der Waals surface area contributed by atoms with E-state index in [-0.39, 0.29) is 12.1 Å². The first-order valence-corrected chi connectivity index (χ1v) is 14.0. The van der Waals surface area contributed by atoms with Crippen molar-refractivity contribution in [3.63, 3.8) is 0 Å². The van der Waals surface area contributed by atoms with Crippen LogP contribution < -0.4 is 5.32 Å². The Hall–Kier alpha value is -3.87. The van der Waals surface area contributed by atoms with Crippen LogP contribution in [0.4, 0.5) is 4.79 Å². The van der Waals surface area contributed by atoms with E-state index in [1.165, 1.54) is 50.4 Å². The zero-order valence-corrected chi connectivity index (χ0v) is 22.4. The molecule has 0 spiro atoms. The molecule has 1 aliphatic heterocycles. The standard InChI is InChI=1S/C32H33N3O4/c1-19-10-24(14-28-29(36)33-31(38)34(30(28)37)18-27-4-3-9-39-27)20(2)35(19)26-7-5-25(6-8-26)32-15-21-11-22(16-32)13-23(12-21)17-32/h3-10,14,21-23H,11-13,15-18H2,1-2H3,(H,33,36,38)/b28-14+. The third-order valence-electron chi connectivity index (χ3n) is 9.63. The Labute approximate surface area is 227 Å². The average Bonchev–Trinajstić information content (AvgIpc) is 3.51. The molecule has 7 nitrogen and oxygen atoms in total. The van der Waals surface area contributed by atoms with Crippen LogP contribution in [0.25, 0.3) is 11.8 Å². The summed E-state index contributed by atoms with van der Waals surface area (Å²) in [5.74, 6) is 1.86. The van der Waals surface area contributed by atoms with Crippen LogP contribution in [0.1, 0.15) is 66.8 Å². The summed E-state index contributed by atoms with van der Waals surface area (Å²) in [6.45, 7) is 3.97. The minimum absolute atomic E-state index is 0.0443. The first-order valence-electron chi connectivity index (χ1n) is 14.0. The molecule has 4 aliphatic carbocycles. The zero-order chi connectivity index (χ0) is 26.9. The lowest BCUT2D eigenvalue weighted by Gasteiger charge is -2.57. The maximum Gasteiger partial charge on any atom is 0.331 e. The van der Waals surface area contributed by atoms with Crippen LogP contribution in [0, 0.1) is 31.6 Å². The molecule has 5 aliphatic rings. The molecule has 0 atom stereocenters. The molecule has 3 heterocycles. The summed E-state index contributed by atoms with van der Waals surface area (Å²) in [6, 6.07) is 13.7. The monoisotopic (exact) mass is 523 g/mol. The van der Waals surface area contributed by atoms with Gasteiger partial charge >= 0.3 is 6.03 Å². The maximum absolute atomic E-state index is 13.2. The number of furan rings is 1. The molecule has 0 unspecified atom stereocenters. The summed E-state index contributed by atoms with van der Waals surface area (Å²) < 4.78 is 7.45. The van der Waals surface area contributed by atoms with Crippen LogP contribution in [0.5, 0.6) is 0 Å². The predicted octanol–water partition coefficient (Wildman–Crippen LogP) is 5.82. The van der Waals surface area contributed by atoms with E-state index in [0.717, 1.165) is 45.3 Å². The smallest absolute Gasteiger partial charge is 0.331 e. The van der Waals surface area contributed by atoms with E-state index < -0.39 is 17.8 Å². The lowest BCUT2D eigenvalue weighted by atomic mass is 9.48. The lowest BCUT2D eigenvalue weighted by Crippen LogP contribution is -2.53. The number of aryl methyl sites for hydroxylation is 1. The van der Waals surface area contributed by atoms with Crippen molar-refractivity contribution in [2.75, 3.05) is 0 Å². The van der Waals surface area contributed by atoms with Crippen molar-refractivity contribution < 1.29 is 18.8 Å². The number of rotatable bonds is 5. The van der Waals surface area contributed by atoms with Gasteiger partial charge < -0.3 is 8.98 Å². The minimum atomic E-state index is -0.747. The average molecular weight is 524 g/mol. The number of urea groups is 1. The van der Waals surface area contributed by atoms with Crippen molar-refractivity contribution in [3.8, 4) is 5.69 Å². The van der Waals surface area contributed by atoms with Crippen molar-refractivity contribution in [1.82, 2.24) is 14.8 Å². The quantitative estimate of drug-likeness (QED) is 0.338. The number of hydrogen-bond donors (Lipinski definition) is 1. The number of imide groups is 2. The fraction of sp³-hybridized carbons (Fsp3) is 0.406. The van der Waals surface area contributed by atoms with Gasteiger partial charge in [-0.1, -0.05) is 12.1 Å². The third-order valence-corrected chi connectivity index (χ3v) is 9.63. The van der Waals surface area contributed by atoms with Crippen LogP contribution in [0.15, 0.2) is 58.7 Å². The molecule has 200 valence electrons. The van der Waals surface area contributed by atoms with E-state index in [2.05, 4.69) is 34.1 Å². The minimum Gasteiger partial charge on any atom is -0.467 e. The number of barbiturate groups is 1. The van der Waals surface area contributed by atoms with Gasteiger partial charge in [0.05, 0.1) is 12.8 Å². The van der Waals surface area contributed by atoms with Crippen LogP contribution in [0.3, 0.4) is 0 Å². The third kappa shape index (κ3) is 3.98. The molecule has 4 saturated carbocycles. The van der Waals surface area contributed by atoms with Crippen LogP contribution in [0.2, 0.25) is 0 Å². The van der Waals surface area contributed by atoms with E-state index in [4.69, 9.17) is 4.42 Å². The van der Waals surface area contributed by atoms with Gasteiger partial charge in [-0.2, -0.15) is 0 Å². The summed E-state index contributed by atoms with van der Waals surface area (Å²) in [4.78, 5) is 39.2. The summed E-state index contributed by atoms with van der Waals surface area (Å²) in [5, 5.41) is 2.29. The number of nitrogens with one attached hydrogen (secondary N) is 1. The summed E-state index contributed by atoms with van der Waals surface area (Å²) in [7, 11) is 0. The molecule has 4 bridgehead atoms. The number of benzene rings is 1. The number of carbonyl (C=O) groups is 3. The molecular formula is C32H33N3O4. The van der Waals surface area contributed by atoms with E-state index in [9.17, 15) is 14.4 Å². The Kier molecular flexibility index (Phi) is 5.48. The Morgan fingerprint density at radius 2 is 1.64 bits per heavy atom. The zero-order valence-electron chi connectivity index (χ0n) is 22.4. The van der Waals surface area contributed by atoms with Gasteiger partial charge in [0.15, 0.2) is 0 Å². The summed E-state index contributed by atoms with van der Waals surface area (Å²) in [5.41, 5.74) is 5.55. The molecule has 2 aromatic heterocycles. The SMILES string of the molecule is Cc1cc(/C=C2\C(=O)NC(=O)N(Cc3ccco3)C2=O)c(C)n1-c1ccc(C23CC4CC(CC(C4)C2)C3)cc1. The van der Waals surface area contributed by atoms with Gasteiger partial charge in [-0.05, 0) is 123 Å². The molecule has 0 radical (unpaired) electrons. The van der Waals surface area contributed by atoms with Gasteiger partial charge in [0.1, 0.15) is 11.3 Å². The molecule has 1 saturated heterocycles. The van der Waals surface area contributed by atoms with Crippen molar-refractivity contribution in [2.24, 2.45) is 17.8 Å². The molecule has 3 aromatic rings. The number of carbonyl (C=O) groups excluding carboxylic acids is 3. The van der Waals surface area contributed by atoms with E-state index in [1.54, 1.807) is 18.2 Å². The maximum atomic E-state index is 13.2. The molecular weight excluding hydrogens is 490 g/mol. The van der Waals surface area contributed by atoms with Gasteiger partial charge in [0.25, 0.3) is 11.8 Å². The predicted molar refractivity (Wildman–Crippen MR) is 146 cm³/mol. The highest BCUT2D eigenvalue weighted by Crippen LogP contribution is 2.60. The Balaban J connectivity index is 1.17. The van der Waals surface area contributed by atoms with Crippen molar-refractivity contribution in [1.29, 1.82) is 0 Å². The van der Waals surface area contributed by atoms with Crippen molar-refractivity contribution in [3.05, 3.63) is 82.6 Å². The molecule has 5 fully saturated rings. The second-order valence-electron chi connectivity index (χ2n) is 12.2. The van der Waals surface area contributed by atoms with Crippen LogP contribution in [-0.4, -0.2) is 27.3 Å². The van der Waals surface area contributed by atoms with Gasteiger partial charge in [0.2, 0.25) is 0 Å². The summed E-state index contributed by atoms with van der Waals surface area (Å²) in [6.07, 6.45) is 11.4. The van der Waals surface area contributed by atoms with E-state index in [1.807, 2.05) is 19.9 Å². The van der Waals surface area contributed by atoms with Gasteiger partial charge in [-0.25, -0.2) is 4.79 Å². The number of hydrogen-bond acceptors (Lipinski definition) is 4. The number of nitrogens with zero attached hydrogens (tertiary/aromatic N) is 2. The second kappa shape index (κ2) is 8.83. The fourth-order valence-electron chi connectivity index (χ4n) is 8.31. The molecule has 7 heteroatoms. The number of aromatic nitrogens is 1. The highest BCUT2D eigenvalue weighted by molar-refractivity contribution is 6.31. The van der Waals surface area contributed by atoms with Crippen LogP contribution >= 0.6 is 0 Å². The molecule has 4 amide bonds. The molecule has 8 rings (SSSR count). The largest absolute Gasteiger partial charge is 0.467 e. The van der Waals surface area contributed by atoms with E-state index >= 15 is 0 Å². The fourth-order valence-corrected chi connectivity index (χ4v) is 8.31. The Bertz CT molecular complexity index is 1470. The molecule has 1 aromatic carbocycles. The van der Waals surface area contributed by atoms with E-state index in [0.29, 0.717) is 11.2 Å². The van der Waals surface area contributed by atoms with Crippen molar-refractivity contribution >= 4 is 23.9 Å². The lowest BCUT2D eigenvalue weighted by molar-refractivity contribution is -0.130. The highest BCUT2D eigenvalue weighted by Gasteiger charge is 2.51. The Morgan fingerprint density at radius 1 is 0.974 bits per heavy atom. The van der Waals surface area contributed by atoms with Crippen LogP contribution in [-0.2, 0) is 21.5 Å². The highest BCUT2D eigenvalue weighted by atomic mass is 16.3. The second-order valence-corrected chi connectivity index (χ2v) is 12.2.